The Balaban J connectivity index is 1.67. The third-order valence-corrected chi connectivity index (χ3v) is 4.31. The van der Waals surface area contributed by atoms with Gasteiger partial charge in [0.2, 0.25) is 5.91 Å². The standard InChI is InChI=1S/C22H24N2O6/c1-14-5-4-6-19(15(14)2)24-20(26)11-23-21(27)12-30-22(28)13-29-18-9-7-17(8-10-18)16(3)25/h4-10H,11-13H2,1-3H3,(H,23,27)(H,24,26). The van der Waals surface area contributed by atoms with E-state index in [4.69, 9.17) is 9.47 Å². The summed E-state index contributed by atoms with van der Waals surface area (Å²) in [6.07, 6.45) is 0. The molecule has 2 amide bonds. The summed E-state index contributed by atoms with van der Waals surface area (Å²) in [4.78, 5) is 46.6. The molecule has 0 fully saturated rings. The number of carbonyl (C=O) groups is 4. The summed E-state index contributed by atoms with van der Waals surface area (Å²) in [5, 5.41) is 5.10. The van der Waals surface area contributed by atoms with Gasteiger partial charge in [-0.2, -0.15) is 0 Å². The molecule has 0 aromatic heterocycles. The normalized spacial score (nSPS) is 10.1. The maximum absolute atomic E-state index is 12.0. The van der Waals surface area contributed by atoms with Gasteiger partial charge in [-0.05, 0) is 62.2 Å². The fourth-order valence-corrected chi connectivity index (χ4v) is 2.43. The number of hydrogen-bond acceptors (Lipinski definition) is 6. The number of ether oxygens (including phenoxy) is 2. The largest absolute Gasteiger partial charge is 0.482 e. The number of anilines is 1. The third-order valence-electron chi connectivity index (χ3n) is 4.31. The molecule has 0 atom stereocenters. The first-order chi connectivity index (χ1) is 14.3. The Morgan fingerprint density at radius 2 is 1.60 bits per heavy atom. The monoisotopic (exact) mass is 412 g/mol. The van der Waals surface area contributed by atoms with Crippen LogP contribution in [-0.4, -0.2) is 43.3 Å². The fourth-order valence-electron chi connectivity index (χ4n) is 2.43. The molecule has 0 unspecified atom stereocenters. The molecule has 0 aliphatic rings. The Morgan fingerprint density at radius 3 is 2.27 bits per heavy atom. The second-order valence-electron chi connectivity index (χ2n) is 6.60. The zero-order valence-corrected chi connectivity index (χ0v) is 17.1. The van der Waals surface area contributed by atoms with Crippen LogP contribution in [0.25, 0.3) is 0 Å². The summed E-state index contributed by atoms with van der Waals surface area (Å²) in [5.41, 5.74) is 3.19. The topological polar surface area (TPSA) is 111 Å². The SMILES string of the molecule is CC(=O)c1ccc(OCC(=O)OCC(=O)NCC(=O)Nc2cccc(C)c2C)cc1. The molecule has 0 spiro atoms. The van der Waals surface area contributed by atoms with Gasteiger partial charge in [-0.15, -0.1) is 0 Å². The van der Waals surface area contributed by atoms with E-state index in [2.05, 4.69) is 10.6 Å². The highest BCUT2D eigenvalue weighted by molar-refractivity contribution is 5.95. The number of carbonyl (C=O) groups excluding carboxylic acids is 4. The number of amides is 2. The molecular weight excluding hydrogens is 388 g/mol. The van der Waals surface area contributed by atoms with Crippen LogP contribution in [0.3, 0.4) is 0 Å². The smallest absolute Gasteiger partial charge is 0.344 e. The first kappa shape index (κ1) is 22.6. The molecule has 0 heterocycles. The van der Waals surface area contributed by atoms with Gasteiger partial charge in [-0.25, -0.2) is 4.79 Å². The van der Waals surface area contributed by atoms with Crippen molar-refractivity contribution in [2.75, 3.05) is 25.1 Å². The lowest BCUT2D eigenvalue weighted by molar-refractivity contribution is -0.150. The zero-order chi connectivity index (χ0) is 22.1. The Hall–Kier alpha value is -3.68. The lowest BCUT2D eigenvalue weighted by Gasteiger charge is -2.11. The second-order valence-corrected chi connectivity index (χ2v) is 6.60. The molecule has 8 nitrogen and oxygen atoms in total. The minimum Gasteiger partial charge on any atom is -0.482 e. The molecule has 2 N–H and O–H groups in total. The van der Waals surface area contributed by atoms with Gasteiger partial charge in [0.05, 0.1) is 6.54 Å². The fraction of sp³-hybridized carbons (Fsp3) is 0.273. The number of ketones is 1. The summed E-state index contributed by atoms with van der Waals surface area (Å²) in [7, 11) is 0. The van der Waals surface area contributed by atoms with E-state index in [-0.39, 0.29) is 24.8 Å². The Labute approximate surface area is 174 Å². The van der Waals surface area contributed by atoms with Crippen LogP contribution >= 0.6 is 0 Å². The molecule has 2 aromatic rings. The molecule has 0 bridgehead atoms. The van der Waals surface area contributed by atoms with Gasteiger partial charge in [0.25, 0.3) is 5.91 Å². The maximum atomic E-state index is 12.0. The molecule has 0 aliphatic heterocycles. The van der Waals surface area contributed by atoms with E-state index in [0.717, 1.165) is 11.1 Å². The van der Waals surface area contributed by atoms with Crippen LogP contribution in [0.5, 0.6) is 5.75 Å². The summed E-state index contributed by atoms with van der Waals surface area (Å²) in [5.74, 6) is -1.41. The molecule has 0 saturated carbocycles. The summed E-state index contributed by atoms with van der Waals surface area (Å²) >= 11 is 0. The van der Waals surface area contributed by atoms with Gasteiger partial charge in [-0.3, -0.25) is 14.4 Å². The molecule has 8 heteroatoms. The lowest BCUT2D eigenvalue weighted by atomic mass is 10.1. The average molecular weight is 412 g/mol. The minimum atomic E-state index is -0.736. The van der Waals surface area contributed by atoms with Crippen molar-refractivity contribution in [3.8, 4) is 5.75 Å². The van der Waals surface area contributed by atoms with E-state index in [1.54, 1.807) is 30.3 Å². The third kappa shape index (κ3) is 7.05. The summed E-state index contributed by atoms with van der Waals surface area (Å²) < 4.78 is 10.0. The van der Waals surface area contributed by atoms with Crippen LogP contribution in [-0.2, 0) is 19.1 Å². The quantitative estimate of drug-likeness (QED) is 0.482. The first-order valence-electron chi connectivity index (χ1n) is 9.28. The molecule has 158 valence electrons. The number of rotatable bonds is 9. The van der Waals surface area contributed by atoms with Crippen molar-refractivity contribution in [2.45, 2.75) is 20.8 Å². The minimum absolute atomic E-state index is 0.0744. The molecule has 0 aliphatic carbocycles. The number of esters is 1. The number of aryl methyl sites for hydroxylation is 1. The molecule has 0 radical (unpaired) electrons. The van der Waals surface area contributed by atoms with Crippen LogP contribution in [0.1, 0.15) is 28.4 Å². The van der Waals surface area contributed by atoms with Crippen molar-refractivity contribution in [3.05, 3.63) is 59.2 Å². The van der Waals surface area contributed by atoms with Crippen molar-refractivity contribution in [3.63, 3.8) is 0 Å². The van der Waals surface area contributed by atoms with Crippen LogP contribution in [0, 0.1) is 13.8 Å². The van der Waals surface area contributed by atoms with Crippen molar-refractivity contribution in [1.82, 2.24) is 5.32 Å². The Bertz CT molecular complexity index is 937. The Morgan fingerprint density at radius 1 is 0.900 bits per heavy atom. The first-order valence-corrected chi connectivity index (χ1v) is 9.28. The van der Waals surface area contributed by atoms with Crippen molar-refractivity contribution in [1.29, 1.82) is 0 Å². The number of hydrogen-bond donors (Lipinski definition) is 2. The maximum Gasteiger partial charge on any atom is 0.344 e. The average Bonchev–Trinajstić information content (AvgIpc) is 2.72. The van der Waals surface area contributed by atoms with Crippen LogP contribution in [0.4, 0.5) is 5.69 Å². The highest BCUT2D eigenvalue weighted by atomic mass is 16.6. The lowest BCUT2D eigenvalue weighted by Crippen LogP contribution is -2.36. The molecule has 2 rings (SSSR count). The van der Waals surface area contributed by atoms with Gasteiger partial charge >= 0.3 is 5.97 Å². The highest BCUT2D eigenvalue weighted by Crippen LogP contribution is 2.17. The van der Waals surface area contributed by atoms with Crippen LogP contribution in [0.15, 0.2) is 42.5 Å². The summed E-state index contributed by atoms with van der Waals surface area (Å²) in [6, 6.07) is 11.8. The predicted molar refractivity (Wildman–Crippen MR) is 110 cm³/mol. The molecular formula is C22H24N2O6. The second kappa shape index (κ2) is 10.8. The number of benzene rings is 2. The van der Waals surface area contributed by atoms with Gasteiger partial charge in [0.15, 0.2) is 19.0 Å². The number of Topliss-reactive ketones (excluding diaryl/α,β-unsaturated/α-hetero) is 1. The zero-order valence-electron chi connectivity index (χ0n) is 17.1. The summed E-state index contributed by atoms with van der Waals surface area (Å²) in [6.45, 7) is 4.12. The van der Waals surface area contributed by atoms with E-state index < -0.39 is 18.5 Å². The number of nitrogens with one attached hydrogen (secondary N) is 2. The van der Waals surface area contributed by atoms with Gasteiger partial charge < -0.3 is 20.1 Å². The van der Waals surface area contributed by atoms with E-state index in [1.165, 1.54) is 6.92 Å². The molecule has 2 aromatic carbocycles. The van der Waals surface area contributed by atoms with Crippen LogP contribution in [0.2, 0.25) is 0 Å². The van der Waals surface area contributed by atoms with Gasteiger partial charge in [-0.1, -0.05) is 12.1 Å². The van der Waals surface area contributed by atoms with E-state index in [0.29, 0.717) is 17.0 Å². The Kier molecular flexibility index (Phi) is 8.10. The molecule has 0 saturated heterocycles. The van der Waals surface area contributed by atoms with Gasteiger partial charge in [0.1, 0.15) is 5.75 Å². The molecule has 30 heavy (non-hydrogen) atoms. The highest BCUT2D eigenvalue weighted by Gasteiger charge is 2.11. The van der Waals surface area contributed by atoms with Crippen molar-refractivity contribution < 1.29 is 28.7 Å². The van der Waals surface area contributed by atoms with Crippen molar-refractivity contribution >= 4 is 29.3 Å². The van der Waals surface area contributed by atoms with Gasteiger partial charge in [0, 0.05) is 11.3 Å². The van der Waals surface area contributed by atoms with E-state index >= 15 is 0 Å². The van der Waals surface area contributed by atoms with Crippen molar-refractivity contribution in [2.24, 2.45) is 0 Å². The van der Waals surface area contributed by atoms with E-state index in [9.17, 15) is 19.2 Å². The predicted octanol–water partition coefficient (Wildman–Crippen LogP) is 2.18. The van der Waals surface area contributed by atoms with Crippen LogP contribution < -0.4 is 15.4 Å². The van der Waals surface area contributed by atoms with E-state index in [1.807, 2.05) is 26.0 Å².